The minimum atomic E-state index is -3.69. The number of benzene rings is 1. The van der Waals surface area contributed by atoms with Crippen LogP contribution in [0.5, 0.6) is 0 Å². The summed E-state index contributed by atoms with van der Waals surface area (Å²) >= 11 is 0. The van der Waals surface area contributed by atoms with Gasteiger partial charge in [-0.15, -0.1) is 0 Å². The highest BCUT2D eigenvalue weighted by Gasteiger charge is 2.43. The van der Waals surface area contributed by atoms with Crippen molar-refractivity contribution in [1.82, 2.24) is 4.31 Å². The molecule has 0 bridgehead atoms. The SMILES string of the molecule is CC1=C=C=C(S(=O)(=O)N2Cc3ccc(C(=O)O)cc3C3CCCCC32)C=C1. The molecule has 1 aliphatic heterocycles. The molecule has 27 heavy (non-hydrogen) atoms. The fourth-order valence-corrected chi connectivity index (χ4v) is 5.90. The minimum Gasteiger partial charge on any atom is -0.478 e. The van der Waals surface area contributed by atoms with Crippen molar-refractivity contribution in [2.75, 3.05) is 0 Å². The van der Waals surface area contributed by atoms with Crippen molar-refractivity contribution in [3.63, 3.8) is 0 Å². The van der Waals surface area contributed by atoms with E-state index >= 15 is 0 Å². The molecule has 0 radical (unpaired) electrons. The number of rotatable bonds is 3. The number of carboxylic acids is 1. The summed E-state index contributed by atoms with van der Waals surface area (Å²) in [6.07, 6.45) is 6.98. The van der Waals surface area contributed by atoms with Gasteiger partial charge in [-0.1, -0.05) is 24.6 Å². The zero-order valence-corrected chi connectivity index (χ0v) is 15.9. The molecule has 0 aromatic heterocycles. The Bertz CT molecular complexity index is 1050. The number of allylic oxidation sites excluding steroid dienone is 3. The normalized spacial score (nSPS) is 24.6. The summed E-state index contributed by atoms with van der Waals surface area (Å²) < 4.78 is 28.2. The average molecular weight is 383 g/mol. The van der Waals surface area contributed by atoms with Crippen LogP contribution in [0.25, 0.3) is 0 Å². The van der Waals surface area contributed by atoms with Gasteiger partial charge < -0.3 is 5.11 Å². The summed E-state index contributed by atoms with van der Waals surface area (Å²) in [4.78, 5) is 11.5. The summed E-state index contributed by atoms with van der Waals surface area (Å²) in [6.45, 7) is 2.11. The summed E-state index contributed by atoms with van der Waals surface area (Å²) in [7, 11) is -3.69. The van der Waals surface area contributed by atoms with Crippen molar-refractivity contribution in [2.24, 2.45) is 0 Å². The van der Waals surface area contributed by atoms with E-state index in [-0.39, 0.29) is 29.0 Å². The van der Waals surface area contributed by atoms with Crippen molar-refractivity contribution in [2.45, 2.75) is 51.1 Å². The van der Waals surface area contributed by atoms with Crippen molar-refractivity contribution in [3.8, 4) is 0 Å². The molecule has 1 saturated carbocycles. The highest BCUT2D eigenvalue weighted by molar-refractivity contribution is 7.93. The fraction of sp³-hybridized carbons (Fsp3) is 0.381. The zero-order valence-electron chi connectivity index (χ0n) is 15.1. The standard InChI is InChI=1S/C21H21NO4S/c1-14-6-10-17(11-7-14)27(25,26)22-13-16-9-8-15(21(23)24)12-19(16)18-4-2-3-5-20(18)22/h6,8-10,12,18,20H,2-5,13H2,1H3,(H,23,24). The third-order valence-electron chi connectivity index (χ3n) is 5.67. The van der Waals surface area contributed by atoms with Gasteiger partial charge in [-0.2, -0.15) is 4.31 Å². The van der Waals surface area contributed by atoms with Gasteiger partial charge in [0.25, 0.3) is 10.0 Å². The van der Waals surface area contributed by atoms with Crippen LogP contribution < -0.4 is 0 Å². The quantitative estimate of drug-likeness (QED) is 0.808. The first-order chi connectivity index (χ1) is 12.9. The third kappa shape index (κ3) is 3.11. The van der Waals surface area contributed by atoms with Gasteiger partial charge in [-0.25, -0.2) is 13.2 Å². The number of nitrogens with zero attached hydrogens (tertiary/aromatic N) is 1. The van der Waals surface area contributed by atoms with Crippen LogP contribution in [0, 0.1) is 0 Å². The third-order valence-corrected chi connectivity index (χ3v) is 7.48. The van der Waals surface area contributed by atoms with E-state index in [1.165, 1.54) is 0 Å². The Morgan fingerprint density at radius 3 is 2.67 bits per heavy atom. The van der Waals surface area contributed by atoms with Crippen LogP contribution in [-0.2, 0) is 16.6 Å². The number of fused-ring (bicyclic) bond motifs is 3. The monoisotopic (exact) mass is 383 g/mol. The molecule has 0 amide bonds. The second-order valence-electron chi connectivity index (χ2n) is 7.36. The first-order valence-corrected chi connectivity index (χ1v) is 10.6. The van der Waals surface area contributed by atoms with E-state index in [1.807, 2.05) is 6.92 Å². The van der Waals surface area contributed by atoms with Gasteiger partial charge in [-0.3, -0.25) is 0 Å². The Morgan fingerprint density at radius 2 is 1.96 bits per heavy atom. The van der Waals surface area contributed by atoms with Gasteiger partial charge in [0.2, 0.25) is 0 Å². The first-order valence-electron chi connectivity index (χ1n) is 9.16. The Labute approximate surface area is 159 Å². The van der Waals surface area contributed by atoms with Gasteiger partial charge in [0.1, 0.15) is 4.91 Å². The molecule has 1 aromatic rings. The van der Waals surface area contributed by atoms with Gasteiger partial charge in [0, 0.05) is 18.5 Å². The molecule has 1 aromatic carbocycles. The molecule has 3 aliphatic rings. The van der Waals surface area contributed by atoms with E-state index in [0.29, 0.717) is 0 Å². The number of hydrogen-bond donors (Lipinski definition) is 1. The van der Waals surface area contributed by atoms with E-state index in [1.54, 1.807) is 34.7 Å². The molecular weight excluding hydrogens is 362 g/mol. The van der Waals surface area contributed by atoms with Crippen LogP contribution in [0.1, 0.15) is 60.0 Å². The Balaban J connectivity index is 1.81. The number of sulfonamides is 1. The van der Waals surface area contributed by atoms with E-state index in [9.17, 15) is 18.3 Å². The lowest BCUT2D eigenvalue weighted by Crippen LogP contribution is -2.48. The highest BCUT2D eigenvalue weighted by Crippen LogP contribution is 2.44. The maximum atomic E-state index is 13.3. The van der Waals surface area contributed by atoms with Crippen LogP contribution in [-0.4, -0.2) is 29.8 Å². The highest BCUT2D eigenvalue weighted by atomic mass is 32.2. The van der Waals surface area contributed by atoms with Crippen LogP contribution in [0.3, 0.4) is 0 Å². The van der Waals surface area contributed by atoms with E-state index in [4.69, 9.17) is 0 Å². The number of aromatic carboxylic acids is 1. The lowest BCUT2D eigenvalue weighted by Gasteiger charge is -2.44. The maximum Gasteiger partial charge on any atom is 0.335 e. The number of carboxylic acid groups (broad SMARTS) is 1. The molecule has 2 unspecified atom stereocenters. The maximum absolute atomic E-state index is 13.3. The van der Waals surface area contributed by atoms with Crippen LogP contribution >= 0.6 is 0 Å². The second-order valence-corrected chi connectivity index (χ2v) is 9.22. The van der Waals surface area contributed by atoms with Crippen molar-refractivity contribution in [1.29, 1.82) is 0 Å². The molecule has 1 N–H and O–H groups in total. The lowest BCUT2D eigenvalue weighted by molar-refractivity contribution is 0.0696. The van der Waals surface area contributed by atoms with E-state index < -0.39 is 16.0 Å². The first kappa shape index (κ1) is 18.0. The predicted octanol–water partition coefficient (Wildman–Crippen LogP) is 3.71. The van der Waals surface area contributed by atoms with E-state index in [2.05, 4.69) is 11.5 Å². The summed E-state index contributed by atoms with van der Waals surface area (Å²) in [5.74, 6) is -0.920. The van der Waals surface area contributed by atoms with Gasteiger partial charge >= 0.3 is 5.97 Å². The molecule has 1 heterocycles. The lowest BCUT2D eigenvalue weighted by atomic mass is 9.75. The van der Waals surface area contributed by atoms with Crippen LogP contribution in [0.4, 0.5) is 0 Å². The summed E-state index contributed by atoms with van der Waals surface area (Å²) in [5.41, 5.74) is 8.63. The van der Waals surface area contributed by atoms with Crippen molar-refractivity contribution in [3.05, 3.63) is 69.0 Å². The van der Waals surface area contributed by atoms with Crippen molar-refractivity contribution >= 4 is 16.0 Å². The second kappa shape index (κ2) is 6.66. The molecule has 4 rings (SSSR count). The van der Waals surface area contributed by atoms with Gasteiger partial charge in [0.15, 0.2) is 0 Å². The topological polar surface area (TPSA) is 74.7 Å². The molecule has 140 valence electrons. The molecule has 6 heteroatoms. The number of carbonyl (C=O) groups is 1. The zero-order chi connectivity index (χ0) is 19.2. The summed E-state index contributed by atoms with van der Waals surface area (Å²) in [5, 5.41) is 9.32. The Hall–Kier alpha value is -2.36. The fourth-order valence-electron chi connectivity index (χ4n) is 4.31. The number of hydrogen-bond acceptors (Lipinski definition) is 3. The van der Waals surface area contributed by atoms with Crippen molar-refractivity contribution < 1.29 is 18.3 Å². The molecule has 2 aliphatic carbocycles. The van der Waals surface area contributed by atoms with Crippen LogP contribution in [0.2, 0.25) is 0 Å². The molecule has 0 spiro atoms. The Kier molecular flexibility index (Phi) is 4.45. The summed E-state index contributed by atoms with van der Waals surface area (Å²) in [6, 6.07) is 4.91. The molecule has 2 atom stereocenters. The molecule has 0 saturated heterocycles. The average Bonchev–Trinajstić information content (AvgIpc) is 2.67. The minimum absolute atomic E-state index is 0.0333. The van der Waals surface area contributed by atoms with Gasteiger partial charge in [0.05, 0.1) is 5.56 Å². The van der Waals surface area contributed by atoms with E-state index in [0.717, 1.165) is 42.4 Å². The van der Waals surface area contributed by atoms with Crippen LogP contribution in [0.15, 0.2) is 52.3 Å². The predicted molar refractivity (Wildman–Crippen MR) is 102 cm³/mol. The largest absolute Gasteiger partial charge is 0.478 e. The smallest absolute Gasteiger partial charge is 0.335 e. The molecular formula is C21H21NO4S. The molecule has 1 fully saturated rings. The van der Waals surface area contributed by atoms with Gasteiger partial charge in [-0.05, 0) is 66.5 Å². The molecule has 5 nitrogen and oxygen atoms in total. The Morgan fingerprint density at radius 1 is 1.19 bits per heavy atom.